The maximum absolute atomic E-state index is 5.18. The van der Waals surface area contributed by atoms with Crippen molar-refractivity contribution in [1.29, 1.82) is 0 Å². The molecule has 0 amide bonds. The molecule has 0 unspecified atom stereocenters. The van der Waals surface area contributed by atoms with Crippen molar-refractivity contribution in [3.8, 4) is 0 Å². The van der Waals surface area contributed by atoms with Gasteiger partial charge in [-0.05, 0) is 0 Å². The summed E-state index contributed by atoms with van der Waals surface area (Å²) in [4.78, 5) is 10.7. The molecule has 0 aromatic carbocycles. The monoisotopic (exact) mass is 167 g/mol. The fourth-order valence-corrected chi connectivity index (χ4v) is 1.07. The quantitative estimate of drug-likeness (QED) is 0.605. The van der Waals surface area contributed by atoms with Crippen molar-refractivity contribution in [1.82, 2.24) is 15.0 Å². The van der Waals surface area contributed by atoms with E-state index in [0.29, 0.717) is 21.8 Å². The molecule has 0 aliphatic carbocycles. The van der Waals surface area contributed by atoms with E-state index in [1.165, 1.54) is 6.33 Å². The minimum Gasteiger partial charge on any atom is -0.424 e. The van der Waals surface area contributed by atoms with Crippen molar-refractivity contribution in [2.75, 3.05) is 0 Å². The Bertz CT molecular complexity index is 444. The summed E-state index contributed by atoms with van der Waals surface area (Å²) in [5.41, 5.74) is 1.21. The zero-order chi connectivity index (χ0) is 7.84. The molecule has 11 heavy (non-hydrogen) atoms. The fraction of sp³-hybridized carbons (Fsp3) is 0.167. The predicted octanol–water partition coefficient (Wildman–Crippen LogP) is 1.59. The molecule has 0 aliphatic rings. The third-order valence-electron chi connectivity index (χ3n) is 1.31. The van der Waals surface area contributed by atoms with Crippen LogP contribution in [0.25, 0.3) is 11.2 Å². The van der Waals surface area contributed by atoms with E-state index in [1.807, 2.05) is 0 Å². The van der Waals surface area contributed by atoms with Gasteiger partial charge in [-0.25, -0.2) is 9.97 Å². The lowest BCUT2D eigenvalue weighted by Crippen LogP contribution is -1.78. The van der Waals surface area contributed by atoms with E-state index in [-0.39, 0.29) is 0 Å². The summed E-state index contributed by atoms with van der Waals surface area (Å²) < 4.78 is 5.64. The average molecular weight is 167 g/mol. The number of fused-ring (bicyclic) bond motifs is 1. The number of aromatic nitrogens is 3. The van der Waals surface area contributed by atoms with Crippen LogP contribution in [0.15, 0.2) is 10.7 Å². The first-order valence-electron chi connectivity index (χ1n) is 3.08. The van der Waals surface area contributed by atoms with E-state index >= 15 is 0 Å². The average Bonchev–Trinajstić information content (AvgIpc) is 2.31. The second-order valence-corrected chi connectivity index (χ2v) is 2.51. The highest BCUT2D eigenvalue weighted by atomic mass is 32.1. The molecule has 2 aromatic rings. The van der Waals surface area contributed by atoms with Crippen molar-refractivity contribution >= 4 is 23.4 Å². The van der Waals surface area contributed by atoms with Gasteiger partial charge in [0.1, 0.15) is 0 Å². The molecule has 0 atom stereocenters. The number of H-pyrrole nitrogens is 1. The highest BCUT2D eigenvalue weighted by Crippen LogP contribution is 2.10. The highest BCUT2D eigenvalue weighted by molar-refractivity contribution is 7.71. The van der Waals surface area contributed by atoms with Gasteiger partial charge in [0.05, 0.1) is 6.33 Å². The van der Waals surface area contributed by atoms with E-state index < -0.39 is 0 Å². The van der Waals surface area contributed by atoms with Crippen molar-refractivity contribution in [3.05, 3.63) is 16.9 Å². The Morgan fingerprint density at radius 1 is 1.64 bits per heavy atom. The fourth-order valence-electron chi connectivity index (χ4n) is 0.881. The van der Waals surface area contributed by atoms with Crippen LogP contribution in [0.1, 0.15) is 5.89 Å². The number of aromatic amines is 1. The smallest absolute Gasteiger partial charge is 0.229 e. The molecule has 0 saturated carbocycles. The van der Waals surface area contributed by atoms with Gasteiger partial charge >= 0.3 is 0 Å². The minimum atomic E-state index is 0.468. The number of hydrogen-bond donors (Lipinski definition) is 1. The largest absolute Gasteiger partial charge is 0.424 e. The molecule has 0 spiro atoms. The van der Waals surface area contributed by atoms with Crippen LogP contribution >= 0.6 is 12.2 Å². The molecule has 5 heteroatoms. The Hall–Kier alpha value is -1.23. The van der Waals surface area contributed by atoms with Crippen LogP contribution in [0.4, 0.5) is 0 Å². The standard InChI is InChI=1S/C6H5N3OS/c1-3-9-4-5(10-3)7-2-8-6(4)11/h2H,1H3,(H,7,8,11). The number of nitrogens with one attached hydrogen (secondary N) is 1. The molecule has 2 aromatic heterocycles. The molecule has 0 aliphatic heterocycles. The van der Waals surface area contributed by atoms with Crippen molar-refractivity contribution < 1.29 is 4.42 Å². The van der Waals surface area contributed by atoms with E-state index in [0.717, 1.165) is 0 Å². The van der Waals surface area contributed by atoms with E-state index in [4.69, 9.17) is 16.6 Å². The van der Waals surface area contributed by atoms with Gasteiger partial charge in [-0.1, -0.05) is 12.2 Å². The molecule has 2 rings (SSSR count). The first kappa shape index (κ1) is 6.48. The summed E-state index contributed by atoms with van der Waals surface area (Å²) in [6.45, 7) is 1.77. The molecule has 2 heterocycles. The summed E-state index contributed by atoms with van der Waals surface area (Å²) in [5, 5.41) is 0. The predicted molar refractivity (Wildman–Crippen MR) is 41.7 cm³/mol. The Labute approximate surface area is 67.3 Å². The number of hydrogen-bond acceptors (Lipinski definition) is 4. The molecule has 56 valence electrons. The molecule has 4 nitrogen and oxygen atoms in total. The Morgan fingerprint density at radius 2 is 2.45 bits per heavy atom. The minimum absolute atomic E-state index is 0.468. The van der Waals surface area contributed by atoms with Crippen LogP contribution in [0.5, 0.6) is 0 Å². The lowest BCUT2D eigenvalue weighted by Gasteiger charge is -1.82. The molecule has 0 bridgehead atoms. The summed E-state index contributed by atoms with van der Waals surface area (Å²) in [6.07, 6.45) is 1.50. The van der Waals surface area contributed by atoms with Gasteiger partial charge in [-0.15, -0.1) is 0 Å². The molecule has 1 N–H and O–H groups in total. The van der Waals surface area contributed by atoms with Gasteiger partial charge in [0.25, 0.3) is 0 Å². The lowest BCUT2D eigenvalue weighted by atomic mass is 10.6. The second-order valence-electron chi connectivity index (χ2n) is 2.12. The molecule has 0 radical (unpaired) electrons. The summed E-state index contributed by atoms with van der Waals surface area (Å²) in [5.74, 6) is 0.593. The Balaban J connectivity index is 3.02. The van der Waals surface area contributed by atoms with Gasteiger partial charge in [-0.2, -0.15) is 0 Å². The maximum Gasteiger partial charge on any atom is 0.229 e. The van der Waals surface area contributed by atoms with Crippen LogP contribution in [-0.2, 0) is 0 Å². The zero-order valence-corrected chi connectivity index (χ0v) is 6.60. The number of aryl methyl sites for hydroxylation is 1. The molecular weight excluding hydrogens is 162 g/mol. The van der Waals surface area contributed by atoms with Gasteiger partial charge < -0.3 is 9.40 Å². The van der Waals surface area contributed by atoms with Crippen LogP contribution < -0.4 is 0 Å². The van der Waals surface area contributed by atoms with E-state index in [9.17, 15) is 0 Å². The normalized spacial score (nSPS) is 10.6. The molecular formula is C6H5N3OS. The topological polar surface area (TPSA) is 54.7 Å². The van der Waals surface area contributed by atoms with Crippen molar-refractivity contribution in [3.63, 3.8) is 0 Å². The zero-order valence-electron chi connectivity index (χ0n) is 5.79. The first-order chi connectivity index (χ1) is 5.27. The van der Waals surface area contributed by atoms with Crippen LogP contribution in [0, 0.1) is 11.6 Å². The van der Waals surface area contributed by atoms with E-state index in [2.05, 4.69) is 15.0 Å². The Kier molecular flexibility index (Phi) is 1.25. The van der Waals surface area contributed by atoms with Crippen molar-refractivity contribution in [2.24, 2.45) is 0 Å². The molecule has 0 saturated heterocycles. The third kappa shape index (κ3) is 0.932. The van der Waals surface area contributed by atoms with Gasteiger partial charge in [0.2, 0.25) is 5.71 Å². The number of oxazole rings is 1. The SMILES string of the molecule is Cc1nc2c(=S)nc[nH]c2o1. The van der Waals surface area contributed by atoms with Gasteiger partial charge in [-0.3, -0.25) is 0 Å². The van der Waals surface area contributed by atoms with Crippen LogP contribution in [0.3, 0.4) is 0 Å². The summed E-state index contributed by atoms with van der Waals surface area (Å²) in [7, 11) is 0. The Morgan fingerprint density at radius 3 is 3.18 bits per heavy atom. The van der Waals surface area contributed by atoms with Crippen LogP contribution in [0.2, 0.25) is 0 Å². The number of nitrogens with zero attached hydrogens (tertiary/aromatic N) is 2. The lowest BCUT2D eigenvalue weighted by molar-refractivity contribution is 0.551. The summed E-state index contributed by atoms with van der Waals surface area (Å²) >= 11 is 4.91. The van der Waals surface area contributed by atoms with E-state index in [1.54, 1.807) is 6.92 Å². The van der Waals surface area contributed by atoms with Crippen LogP contribution in [-0.4, -0.2) is 15.0 Å². The molecule has 0 fully saturated rings. The van der Waals surface area contributed by atoms with Gasteiger partial charge in [0, 0.05) is 6.92 Å². The summed E-state index contributed by atoms with van der Waals surface area (Å²) in [6, 6.07) is 0. The number of rotatable bonds is 0. The van der Waals surface area contributed by atoms with Gasteiger partial charge in [0.15, 0.2) is 16.0 Å². The maximum atomic E-state index is 5.18. The van der Waals surface area contributed by atoms with Crippen molar-refractivity contribution in [2.45, 2.75) is 6.92 Å². The highest BCUT2D eigenvalue weighted by Gasteiger charge is 2.02. The second kappa shape index (κ2) is 2.13. The first-order valence-corrected chi connectivity index (χ1v) is 3.49. The third-order valence-corrected chi connectivity index (χ3v) is 1.61.